The van der Waals surface area contributed by atoms with Gasteiger partial charge in [-0.15, -0.1) is 0 Å². The molecule has 0 aliphatic carbocycles. The van der Waals surface area contributed by atoms with E-state index in [4.69, 9.17) is 0 Å². The van der Waals surface area contributed by atoms with E-state index in [0.29, 0.717) is 0 Å². The van der Waals surface area contributed by atoms with Gasteiger partial charge >= 0.3 is 0 Å². The van der Waals surface area contributed by atoms with E-state index in [-0.39, 0.29) is 5.50 Å². The molecule has 1 aliphatic rings. The van der Waals surface area contributed by atoms with Crippen LogP contribution < -0.4 is 10.6 Å². The number of rotatable bonds is 3. The number of thioether (sulfide) groups is 1. The topological polar surface area (TPSA) is 49.8 Å². The lowest BCUT2D eigenvalue weighted by Gasteiger charge is -2.15. The van der Waals surface area contributed by atoms with Gasteiger partial charge in [0.05, 0.1) is 5.70 Å². The van der Waals surface area contributed by atoms with Crippen molar-refractivity contribution in [1.29, 1.82) is 0 Å². The Balaban J connectivity index is 1.65. The predicted octanol–water partition coefficient (Wildman–Crippen LogP) is 2.82. The van der Waals surface area contributed by atoms with E-state index in [1.807, 2.05) is 37.3 Å². The Morgan fingerprint density at radius 1 is 1.21 bits per heavy atom. The largest absolute Gasteiger partial charge is 0.356 e. The van der Waals surface area contributed by atoms with E-state index >= 15 is 0 Å². The average Bonchev–Trinajstić information content (AvgIpc) is 2.88. The second kappa shape index (κ2) is 5.32. The Morgan fingerprint density at radius 2 is 2.05 bits per heavy atom. The molecular formula is C14H14N4S. The maximum Gasteiger partial charge on any atom is 0.151 e. The first-order valence-corrected chi connectivity index (χ1v) is 6.98. The molecule has 2 N–H and O–H groups in total. The van der Waals surface area contributed by atoms with Crippen LogP contribution in [0.5, 0.6) is 0 Å². The number of aryl methyl sites for hydroxylation is 1. The van der Waals surface area contributed by atoms with Crippen LogP contribution in [0.3, 0.4) is 0 Å². The summed E-state index contributed by atoms with van der Waals surface area (Å²) in [6, 6.07) is 9.95. The Bertz CT molecular complexity index is 597. The second-order valence-electron chi connectivity index (χ2n) is 4.24. The van der Waals surface area contributed by atoms with Crippen molar-refractivity contribution >= 4 is 23.3 Å². The predicted molar refractivity (Wildman–Crippen MR) is 79.3 cm³/mol. The van der Waals surface area contributed by atoms with Crippen molar-refractivity contribution in [3.63, 3.8) is 0 Å². The molecule has 5 heteroatoms. The molecule has 2 aromatic heterocycles. The fraction of sp³-hybridized carbons (Fsp3) is 0.143. The summed E-state index contributed by atoms with van der Waals surface area (Å²) >= 11 is 1.70. The van der Waals surface area contributed by atoms with Crippen LogP contribution >= 0.6 is 11.8 Å². The molecule has 1 atom stereocenters. The first-order chi connectivity index (χ1) is 9.31. The molecule has 3 rings (SSSR count). The van der Waals surface area contributed by atoms with Crippen molar-refractivity contribution in [3.8, 4) is 0 Å². The molecule has 2 aromatic rings. The summed E-state index contributed by atoms with van der Waals surface area (Å²) < 4.78 is 0. The Labute approximate surface area is 116 Å². The summed E-state index contributed by atoms with van der Waals surface area (Å²) in [7, 11) is 0. The number of pyridine rings is 2. The van der Waals surface area contributed by atoms with Gasteiger partial charge in [-0.2, -0.15) is 0 Å². The van der Waals surface area contributed by atoms with E-state index in [2.05, 4.69) is 26.0 Å². The first kappa shape index (κ1) is 12.0. The molecule has 0 saturated carbocycles. The van der Waals surface area contributed by atoms with Crippen molar-refractivity contribution in [2.24, 2.45) is 0 Å². The molecule has 0 spiro atoms. The van der Waals surface area contributed by atoms with Gasteiger partial charge in [-0.1, -0.05) is 17.8 Å². The van der Waals surface area contributed by atoms with Crippen LogP contribution in [-0.2, 0) is 0 Å². The maximum atomic E-state index is 4.44. The van der Waals surface area contributed by atoms with Gasteiger partial charge < -0.3 is 10.6 Å². The minimum atomic E-state index is 0.109. The third-order valence-electron chi connectivity index (χ3n) is 2.77. The van der Waals surface area contributed by atoms with Crippen LogP contribution in [0.25, 0.3) is 5.70 Å². The highest BCUT2D eigenvalue weighted by Crippen LogP contribution is 2.27. The number of nitrogens with one attached hydrogen (secondary N) is 2. The van der Waals surface area contributed by atoms with Gasteiger partial charge in [-0.3, -0.25) is 4.98 Å². The number of nitrogens with zero attached hydrogens (tertiary/aromatic N) is 2. The average molecular weight is 270 g/mol. The van der Waals surface area contributed by atoms with Gasteiger partial charge in [0.1, 0.15) is 5.82 Å². The fourth-order valence-electron chi connectivity index (χ4n) is 1.86. The van der Waals surface area contributed by atoms with Gasteiger partial charge in [0.25, 0.3) is 0 Å². The standard InChI is InChI=1S/C14H14N4S/c1-10-3-2-4-13(16-10)18-14-17-12(9-19-14)11-5-7-15-8-6-11/h2-9,14,17H,1H3,(H,16,18). The summed E-state index contributed by atoms with van der Waals surface area (Å²) in [6.07, 6.45) is 3.59. The highest BCUT2D eigenvalue weighted by atomic mass is 32.2. The third kappa shape index (κ3) is 2.88. The second-order valence-corrected chi connectivity index (χ2v) is 5.22. The zero-order chi connectivity index (χ0) is 13.1. The number of hydrogen-bond acceptors (Lipinski definition) is 5. The molecule has 0 radical (unpaired) electrons. The van der Waals surface area contributed by atoms with Crippen molar-refractivity contribution in [2.45, 2.75) is 12.4 Å². The number of anilines is 1. The van der Waals surface area contributed by atoms with E-state index in [0.717, 1.165) is 22.8 Å². The summed E-state index contributed by atoms with van der Waals surface area (Å²) in [5, 5.41) is 8.89. The monoisotopic (exact) mass is 270 g/mol. The molecule has 0 aromatic carbocycles. The molecule has 4 nitrogen and oxygen atoms in total. The van der Waals surface area contributed by atoms with Crippen molar-refractivity contribution in [3.05, 3.63) is 59.4 Å². The minimum absolute atomic E-state index is 0.109. The van der Waals surface area contributed by atoms with Crippen LogP contribution in [0, 0.1) is 6.92 Å². The van der Waals surface area contributed by atoms with E-state index in [1.165, 1.54) is 0 Å². The Kier molecular flexibility index (Phi) is 3.37. The molecule has 0 saturated heterocycles. The molecular weight excluding hydrogens is 256 g/mol. The molecule has 1 aliphatic heterocycles. The van der Waals surface area contributed by atoms with Crippen LogP contribution in [0.1, 0.15) is 11.3 Å². The van der Waals surface area contributed by atoms with Crippen LogP contribution in [0.15, 0.2) is 48.1 Å². The SMILES string of the molecule is Cc1cccc(NC2NC(c3ccncc3)=CS2)n1. The summed E-state index contributed by atoms with van der Waals surface area (Å²) in [5.41, 5.74) is 3.37. The van der Waals surface area contributed by atoms with Crippen LogP contribution in [0.4, 0.5) is 5.82 Å². The van der Waals surface area contributed by atoms with E-state index < -0.39 is 0 Å². The first-order valence-electron chi connectivity index (χ1n) is 6.04. The summed E-state index contributed by atoms with van der Waals surface area (Å²) in [6.45, 7) is 1.99. The molecule has 1 unspecified atom stereocenters. The lowest BCUT2D eigenvalue weighted by atomic mass is 10.2. The quantitative estimate of drug-likeness (QED) is 0.898. The lowest BCUT2D eigenvalue weighted by molar-refractivity contribution is 0.894. The molecule has 0 amide bonds. The maximum absolute atomic E-state index is 4.44. The minimum Gasteiger partial charge on any atom is -0.356 e. The fourth-order valence-corrected chi connectivity index (χ4v) is 2.72. The van der Waals surface area contributed by atoms with Crippen LogP contribution in [-0.4, -0.2) is 15.5 Å². The molecule has 96 valence electrons. The Morgan fingerprint density at radius 3 is 2.84 bits per heavy atom. The third-order valence-corrected chi connectivity index (χ3v) is 3.65. The summed E-state index contributed by atoms with van der Waals surface area (Å²) in [4.78, 5) is 8.46. The van der Waals surface area contributed by atoms with Gasteiger partial charge in [-0.25, -0.2) is 4.98 Å². The van der Waals surface area contributed by atoms with Gasteiger partial charge in [0.15, 0.2) is 5.50 Å². The highest BCUT2D eigenvalue weighted by Gasteiger charge is 2.17. The number of aromatic nitrogens is 2. The zero-order valence-corrected chi connectivity index (χ0v) is 11.3. The number of hydrogen-bond donors (Lipinski definition) is 2. The molecule has 0 fully saturated rings. The van der Waals surface area contributed by atoms with Crippen molar-refractivity contribution < 1.29 is 0 Å². The van der Waals surface area contributed by atoms with Gasteiger partial charge in [0, 0.05) is 23.7 Å². The summed E-state index contributed by atoms with van der Waals surface area (Å²) in [5.74, 6) is 0.884. The van der Waals surface area contributed by atoms with Crippen molar-refractivity contribution in [2.75, 3.05) is 5.32 Å². The molecule has 0 bridgehead atoms. The molecule has 19 heavy (non-hydrogen) atoms. The van der Waals surface area contributed by atoms with E-state index in [1.54, 1.807) is 24.2 Å². The van der Waals surface area contributed by atoms with Gasteiger partial charge in [0.2, 0.25) is 0 Å². The van der Waals surface area contributed by atoms with Crippen molar-refractivity contribution in [1.82, 2.24) is 15.3 Å². The zero-order valence-electron chi connectivity index (χ0n) is 10.5. The normalized spacial score (nSPS) is 17.7. The van der Waals surface area contributed by atoms with E-state index in [9.17, 15) is 0 Å². The lowest BCUT2D eigenvalue weighted by Crippen LogP contribution is -2.28. The Hall–Kier alpha value is -2.01. The smallest absolute Gasteiger partial charge is 0.151 e. The highest BCUT2D eigenvalue weighted by molar-refractivity contribution is 8.03. The van der Waals surface area contributed by atoms with Crippen LogP contribution in [0.2, 0.25) is 0 Å². The van der Waals surface area contributed by atoms with Gasteiger partial charge in [-0.05, 0) is 36.6 Å². The molecule has 3 heterocycles.